The molecule has 17 heavy (non-hydrogen) atoms. The van der Waals surface area contributed by atoms with Crippen LogP contribution in [0.3, 0.4) is 0 Å². The first-order valence-corrected chi connectivity index (χ1v) is 5.88. The van der Waals surface area contributed by atoms with Gasteiger partial charge in [-0.2, -0.15) is 0 Å². The molecule has 1 aliphatic heterocycles. The molecule has 0 spiro atoms. The minimum absolute atomic E-state index is 0.216. The molecule has 1 aliphatic rings. The molecule has 1 aromatic carbocycles. The van der Waals surface area contributed by atoms with Crippen LogP contribution in [0.2, 0.25) is 0 Å². The Morgan fingerprint density at radius 1 is 1.18 bits per heavy atom. The lowest BCUT2D eigenvalue weighted by Crippen LogP contribution is -2.05. The first kappa shape index (κ1) is 9.05. The lowest BCUT2D eigenvalue weighted by atomic mass is 10.1. The van der Waals surface area contributed by atoms with E-state index in [4.69, 9.17) is 4.42 Å². The molecular weight excluding hydrogens is 214 g/mol. The Bertz CT molecular complexity index is 795. The highest BCUT2D eigenvalue weighted by atomic mass is 16.4. The van der Waals surface area contributed by atoms with E-state index in [9.17, 15) is 4.79 Å². The SMILES string of the molecule is O=c1oc2ccccc2c2cc3n(c12)CCC3. The predicted octanol–water partition coefficient (Wildman–Crippen LogP) is 2.69. The van der Waals surface area contributed by atoms with E-state index in [1.54, 1.807) is 0 Å². The smallest absolute Gasteiger partial charge is 0.361 e. The zero-order valence-corrected chi connectivity index (χ0v) is 9.27. The maximum absolute atomic E-state index is 12.0. The molecule has 3 nitrogen and oxygen atoms in total. The summed E-state index contributed by atoms with van der Waals surface area (Å²) in [6, 6.07) is 9.86. The van der Waals surface area contributed by atoms with E-state index < -0.39 is 0 Å². The van der Waals surface area contributed by atoms with E-state index in [2.05, 4.69) is 10.6 Å². The number of nitrogens with zero attached hydrogens (tertiary/aromatic N) is 1. The standard InChI is InChI=1S/C14H11NO2/c16-14-13-11(8-9-4-3-7-15(9)13)10-5-1-2-6-12(10)17-14/h1-2,5-6,8H,3-4,7H2. The van der Waals surface area contributed by atoms with E-state index in [1.165, 1.54) is 5.69 Å². The van der Waals surface area contributed by atoms with Gasteiger partial charge in [0.25, 0.3) is 0 Å². The maximum atomic E-state index is 12.0. The van der Waals surface area contributed by atoms with Crippen LogP contribution in [0.1, 0.15) is 12.1 Å². The van der Waals surface area contributed by atoms with Crippen LogP contribution in [0, 0.1) is 0 Å². The Morgan fingerprint density at radius 3 is 3.00 bits per heavy atom. The molecule has 0 atom stereocenters. The van der Waals surface area contributed by atoms with Crippen molar-refractivity contribution in [3.63, 3.8) is 0 Å². The fraction of sp³-hybridized carbons (Fsp3) is 0.214. The molecule has 0 amide bonds. The van der Waals surface area contributed by atoms with Gasteiger partial charge in [-0.1, -0.05) is 18.2 Å². The van der Waals surface area contributed by atoms with Gasteiger partial charge >= 0.3 is 5.63 Å². The molecule has 4 rings (SSSR count). The number of aromatic nitrogens is 1. The van der Waals surface area contributed by atoms with E-state index in [0.29, 0.717) is 5.58 Å². The average Bonchev–Trinajstić information content (AvgIpc) is 2.88. The molecule has 0 fully saturated rings. The summed E-state index contributed by atoms with van der Waals surface area (Å²) in [5.74, 6) is 0. The summed E-state index contributed by atoms with van der Waals surface area (Å²) in [6.45, 7) is 0.932. The van der Waals surface area contributed by atoms with Crippen LogP contribution in [0.25, 0.3) is 21.9 Å². The van der Waals surface area contributed by atoms with Crippen LogP contribution in [-0.4, -0.2) is 4.57 Å². The van der Waals surface area contributed by atoms with Crippen molar-refractivity contribution in [2.75, 3.05) is 0 Å². The van der Waals surface area contributed by atoms with Crippen molar-refractivity contribution in [1.29, 1.82) is 0 Å². The van der Waals surface area contributed by atoms with Gasteiger partial charge in [0.05, 0.1) is 0 Å². The molecule has 84 valence electrons. The molecule has 0 bridgehead atoms. The second-order valence-corrected chi connectivity index (χ2v) is 4.54. The lowest BCUT2D eigenvalue weighted by molar-refractivity contribution is 0.563. The van der Waals surface area contributed by atoms with E-state index in [-0.39, 0.29) is 5.63 Å². The van der Waals surface area contributed by atoms with E-state index in [0.717, 1.165) is 35.7 Å². The number of aryl methyl sites for hydroxylation is 2. The molecule has 3 heterocycles. The zero-order valence-electron chi connectivity index (χ0n) is 9.27. The topological polar surface area (TPSA) is 35.1 Å². The second kappa shape index (κ2) is 3.00. The third-order valence-corrected chi connectivity index (χ3v) is 3.57. The van der Waals surface area contributed by atoms with E-state index in [1.807, 2.05) is 24.3 Å². The minimum atomic E-state index is -0.216. The van der Waals surface area contributed by atoms with Gasteiger partial charge in [0.15, 0.2) is 0 Å². The molecule has 0 N–H and O–H groups in total. The van der Waals surface area contributed by atoms with Crippen molar-refractivity contribution in [2.45, 2.75) is 19.4 Å². The first-order valence-electron chi connectivity index (χ1n) is 5.88. The van der Waals surface area contributed by atoms with Gasteiger partial charge in [0.2, 0.25) is 0 Å². The summed E-state index contributed by atoms with van der Waals surface area (Å²) in [7, 11) is 0. The Labute approximate surface area is 97.3 Å². The van der Waals surface area contributed by atoms with Crippen LogP contribution in [0.5, 0.6) is 0 Å². The number of hydrogen-bond donors (Lipinski definition) is 0. The van der Waals surface area contributed by atoms with Crippen molar-refractivity contribution >= 4 is 21.9 Å². The molecule has 0 aliphatic carbocycles. The molecule has 0 saturated heterocycles. The third kappa shape index (κ3) is 1.08. The van der Waals surface area contributed by atoms with Crippen LogP contribution >= 0.6 is 0 Å². The summed E-state index contributed by atoms with van der Waals surface area (Å²) in [6.07, 6.45) is 2.18. The van der Waals surface area contributed by atoms with Crippen molar-refractivity contribution in [3.05, 3.63) is 46.4 Å². The molecule has 2 aromatic heterocycles. The van der Waals surface area contributed by atoms with Gasteiger partial charge in [-0.05, 0) is 25.0 Å². The summed E-state index contributed by atoms with van der Waals surface area (Å²) in [5.41, 5.74) is 2.45. The van der Waals surface area contributed by atoms with Gasteiger partial charge in [0, 0.05) is 23.0 Å². The fourth-order valence-corrected chi connectivity index (χ4v) is 2.83. The predicted molar refractivity (Wildman–Crippen MR) is 66.3 cm³/mol. The Morgan fingerprint density at radius 2 is 2.06 bits per heavy atom. The summed E-state index contributed by atoms with van der Waals surface area (Å²) >= 11 is 0. The molecule has 3 heteroatoms. The summed E-state index contributed by atoms with van der Waals surface area (Å²) < 4.78 is 7.49. The summed E-state index contributed by atoms with van der Waals surface area (Å²) in [5, 5.41) is 2.07. The van der Waals surface area contributed by atoms with Gasteiger partial charge in [-0.15, -0.1) is 0 Å². The maximum Gasteiger partial charge on any atom is 0.361 e. The highest BCUT2D eigenvalue weighted by Gasteiger charge is 2.19. The first-order chi connectivity index (χ1) is 8.34. The Hall–Kier alpha value is -2.03. The average molecular weight is 225 g/mol. The molecular formula is C14H11NO2. The van der Waals surface area contributed by atoms with Crippen LogP contribution in [0.15, 0.2) is 39.5 Å². The highest BCUT2D eigenvalue weighted by Crippen LogP contribution is 2.29. The normalized spacial score (nSPS) is 14.6. The van der Waals surface area contributed by atoms with Crippen molar-refractivity contribution in [1.82, 2.24) is 4.57 Å². The van der Waals surface area contributed by atoms with E-state index >= 15 is 0 Å². The molecule has 3 aromatic rings. The Balaban J connectivity index is 2.31. The number of benzene rings is 1. The van der Waals surface area contributed by atoms with Crippen molar-refractivity contribution < 1.29 is 4.42 Å². The van der Waals surface area contributed by atoms with Crippen LogP contribution in [-0.2, 0) is 13.0 Å². The van der Waals surface area contributed by atoms with Gasteiger partial charge in [0.1, 0.15) is 11.1 Å². The molecule has 0 saturated carbocycles. The molecule has 0 unspecified atom stereocenters. The van der Waals surface area contributed by atoms with Gasteiger partial charge in [-0.25, -0.2) is 4.79 Å². The van der Waals surface area contributed by atoms with Gasteiger partial charge in [-0.3, -0.25) is 0 Å². The van der Waals surface area contributed by atoms with Crippen LogP contribution in [0.4, 0.5) is 0 Å². The van der Waals surface area contributed by atoms with Crippen molar-refractivity contribution in [2.24, 2.45) is 0 Å². The highest BCUT2D eigenvalue weighted by molar-refractivity contribution is 6.03. The van der Waals surface area contributed by atoms with Gasteiger partial charge < -0.3 is 8.98 Å². The zero-order chi connectivity index (χ0) is 11.4. The number of hydrogen-bond acceptors (Lipinski definition) is 2. The largest absolute Gasteiger partial charge is 0.421 e. The lowest BCUT2D eigenvalue weighted by Gasteiger charge is -2.00. The second-order valence-electron chi connectivity index (χ2n) is 4.54. The number of para-hydroxylation sites is 1. The third-order valence-electron chi connectivity index (χ3n) is 3.57. The fourth-order valence-electron chi connectivity index (χ4n) is 2.83. The quantitative estimate of drug-likeness (QED) is 0.551. The number of rotatable bonds is 0. The summed E-state index contributed by atoms with van der Waals surface area (Å²) in [4.78, 5) is 12.0. The Kier molecular flexibility index (Phi) is 1.60. The molecule has 0 radical (unpaired) electrons. The minimum Gasteiger partial charge on any atom is -0.421 e. The van der Waals surface area contributed by atoms with Crippen LogP contribution < -0.4 is 5.63 Å². The number of fused-ring (bicyclic) bond motifs is 5. The van der Waals surface area contributed by atoms with Crippen molar-refractivity contribution in [3.8, 4) is 0 Å². The monoisotopic (exact) mass is 225 g/mol.